The molecule has 6 nitrogen and oxygen atoms in total. The Balaban J connectivity index is 1.30. The van der Waals surface area contributed by atoms with E-state index in [-0.39, 0.29) is 23.3 Å². The lowest BCUT2D eigenvalue weighted by Crippen LogP contribution is -2.61. The molecule has 1 aliphatic carbocycles. The first-order chi connectivity index (χ1) is 15.4. The van der Waals surface area contributed by atoms with Gasteiger partial charge in [-0.25, -0.2) is 0 Å². The summed E-state index contributed by atoms with van der Waals surface area (Å²) in [5, 5.41) is 0. The van der Waals surface area contributed by atoms with Crippen LogP contribution in [-0.2, 0) is 20.7 Å². The molecule has 1 saturated carbocycles. The van der Waals surface area contributed by atoms with Crippen LogP contribution in [0.4, 0.5) is 0 Å². The number of hydrogen-bond acceptors (Lipinski definition) is 5. The van der Waals surface area contributed by atoms with Gasteiger partial charge in [0.1, 0.15) is 12.4 Å². The predicted molar refractivity (Wildman–Crippen MR) is 123 cm³/mol. The van der Waals surface area contributed by atoms with Crippen LogP contribution in [0.1, 0.15) is 51.5 Å². The van der Waals surface area contributed by atoms with Crippen LogP contribution in [0.5, 0.6) is 5.75 Å². The van der Waals surface area contributed by atoms with Gasteiger partial charge in [-0.1, -0.05) is 17.7 Å². The van der Waals surface area contributed by atoms with Crippen molar-refractivity contribution < 1.29 is 19.0 Å². The molecular formula is C26H36N2O4. The lowest BCUT2D eigenvalue weighted by Gasteiger charge is -2.48. The molecule has 0 aromatic heterocycles. The third kappa shape index (κ3) is 3.97. The number of piperazine rings is 1. The van der Waals surface area contributed by atoms with Gasteiger partial charge >= 0.3 is 0 Å². The lowest BCUT2D eigenvalue weighted by molar-refractivity contribution is -0.193. The Morgan fingerprint density at radius 2 is 1.81 bits per heavy atom. The number of fused-ring (bicyclic) bond motifs is 3. The molecule has 1 unspecified atom stereocenters. The highest BCUT2D eigenvalue weighted by molar-refractivity contribution is 5.84. The maximum Gasteiger partial charge on any atom is 0.240 e. The highest BCUT2D eigenvalue weighted by atomic mass is 16.7. The van der Waals surface area contributed by atoms with E-state index in [1.54, 1.807) is 0 Å². The van der Waals surface area contributed by atoms with Crippen molar-refractivity contribution in [3.05, 3.63) is 41.5 Å². The number of rotatable bonds is 5. The van der Waals surface area contributed by atoms with E-state index in [1.165, 1.54) is 11.1 Å². The maximum atomic E-state index is 13.3. The van der Waals surface area contributed by atoms with Crippen LogP contribution in [0, 0.1) is 0 Å². The molecular weight excluding hydrogens is 404 g/mol. The first-order valence-electron chi connectivity index (χ1n) is 12.1. The summed E-state index contributed by atoms with van der Waals surface area (Å²) in [7, 11) is 1.99. The van der Waals surface area contributed by atoms with E-state index < -0.39 is 0 Å². The smallest absolute Gasteiger partial charge is 0.240 e. The van der Waals surface area contributed by atoms with E-state index in [4.69, 9.17) is 14.2 Å². The van der Waals surface area contributed by atoms with Gasteiger partial charge in [-0.05, 0) is 63.3 Å². The monoisotopic (exact) mass is 440 g/mol. The van der Waals surface area contributed by atoms with E-state index in [1.807, 2.05) is 24.1 Å². The molecule has 3 heterocycles. The van der Waals surface area contributed by atoms with Crippen molar-refractivity contribution in [2.24, 2.45) is 0 Å². The zero-order chi connectivity index (χ0) is 22.3. The molecule has 2 spiro atoms. The van der Waals surface area contributed by atoms with Gasteiger partial charge in [0.15, 0.2) is 5.79 Å². The van der Waals surface area contributed by atoms with Crippen molar-refractivity contribution in [1.82, 2.24) is 9.80 Å². The van der Waals surface area contributed by atoms with Crippen LogP contribution in [0.2, 0.25) is 0 Å². The highest BCUT2D eigenvalue weighted by Gasteiger charge is 2.58. The molecule has 32 heavy (non-hydrogen) atoms. The Kier molecular flexibility index (Phi) is 5.81. The molecule has 4 aliphatic rings. The number of allylic oxidation sites excluding steroid dienone is 1. The van der Waals surface area contributed by atoms with Crippen molar-refractivity contribution >= 4 is 5.91 Å². The molecule has 3 saturated heterocycles. The fourth-order valence-electron chi connectivity index (χ4n) is 6.13. The second-order valence-corrected chi connectivity index (χ2v) is 10.2. The molecule has 5 rings (SSSR count). The summed E-state index contributed by atoms with van der Waals surface area (Å²) in [6.45, 7) is 7.11. The molecule has 0 radical (unpaired) electrons. The topological polar surface area (TPSA) is 51.2 Å². The summed E-state index contributed by atoms with van der Waals surface area (Å²) in [6, 6.07) is 8.48. The Labute approximate surface area is 191 Å². The Bertz CT molecular complexity index is 860. The molecule has 3 atom stereocenters. The Hall–Kier alpha value is -1.89. The van der Waals surface area contributed by atoms with Gasteiger partial charge in [0.05, 0.1) is 19.3 Å². The number of carbonyl (C=O) groups excluding carboxylic acids is 1. The SMILES string of the molecule is CC(C)=CCOc1ccc(C[C@H]2C(=O)N(C)[C@@H]3CN2C2(CCC4(CC2)OCCO4)C3)cc1. The highest BCUT2D eigenvalue weighted by Crippen LogP contribution is 2.50. The van der Waals surface area contributed by atoms with Gasteiger partial charge in [0.2, 0.25) is 5.91 Å². The molecule has 1 amide bonds. The second kappa shape index (κ2) is 8.47. The Morgan fingerprint density at radius 3 is 2.47 bits per heavy atom. The molecule has 6 heteroatoms. The molecule has 0 N–H and O–H groups in total. The molecule has 3 aliphatic heterocycles. The number of nitrogens with zero attached hydrogens (tertiary/aromatic N) is 2. The van der Waals surface area contributed by atoms with Crippen molar-refractivity contribution in [1.29, 1.82) is 0 Å². The van der Waals surface area contributed by atoms with E-state index in [9.17, 15) is 4.79 Å². The molecule has 2 bridgehead atoms. The lowest BCUT2D eigenvalue weighted by atomic mass is 9.76. The average molecular weight is 441 g/mol. The van der Waals surface area contributed by atoms with E-state index in [0.717, 1.165) is 50.8 Å². The van der Waals surface area contributed by atoms with Gasteiger partial charge in [-0.2, -0.15) is 0 Å². The fourth-order valence-corrected chi connectivity index (χ4v) is 6.13. The number of ether oxygens (including phenoxy) is 3. The third-order valence-electron chi connectivity index (χ3n) is 8.04. The number of amides is 1. The predicted octanol–water partition coefficient (Wildman–Crippen LogP) is 3.54. The van der Waals surface area contributed by atoms with E-state index >= 15 is 0 Å². The largest absolute Gasteiger partial charge is 0.490 e. The quantitative estimate of drug-likeness (QED) is 0.656. The molecule has 1 aromatic carbocycles. The summed E-state index contributed by atoms with van der Waals surface area (Å²) in [5.41, 5.74) is 2.52. The van der Waals surface area contributed by atoms with Crippen LogP contribution in [-0.4, -0.2) is 72.5 Å². The second-order valence-electron chi connectivity index (χ2n) is 10.2. The van der Waals surface area contributed by atoms with Crippen LogP contribution < -0.4 is 4.74 Å². The fraction of sp³-hybridized carbons (Fsp3) is 0.654. The van der Waals surface area contributed by atoms with Gasteiger partial charge in [0.25, 0.3) is 0 Å². The molecule has 1 aromatic rings. The van der Waals surface area contributed by atoms with Crippen molar-refractivity contribution in [2.75, 3.05) is 33.4 Å². The minimum atomic E-state index is -0.365. The summed E-state index contributed by atoms with van der Waals surface area (Å²) in [4.78, 5) is 17.9. The van der Waals surface area contributed by atoms with Crippen LogP contribution in [0.25, 0.3) is 0 Å². The number of carbonyl (C=O) groups is 1. The van der Waals surface area contributed by atoms with Gasteiger partial charge < -0.3 is 19.1 Å². The van der Waals surface area contributed by atoms with Gasteiger partial charge in [0, 0.05) is 38.0 Å². The summed E-state index contributed by atoms with van der Waals surface area (Å²) < 4.78 is 17.8. The van der Waals surface area contributed by atoms with Crippen molar-refractivity contribution in [3.63, 3.8) is 0 Å². The Morgan fingerprint density at radius 1 is 1.12 bits per heavy atom. The number of likely N-dealkylation sites (N-methyl/N-ethyl adjacent to an activating group) is 1. The van der Waals surface area contributed by atoms with E-state index in [0.29, 0.717) is 25.9 Å². The summed E-state index contributed by atoms with van der Waals surface area (Å²) in [5.74, 6) is 0.761. The zero-order valence-corrected chi connectivity index (χ0v) is 19.6. The summed E-state index contributed by atoms with van der Waals surface area (Å²) in [6.07, 6.45) is 7.82. The first-order valence-corrected chi connectivity index (χ1v) is 12.1. The third-order valence-corrected chi connectivity index (χ3v) is 8.04. The average Bonchev–Trinajstić information content (AvgIpc) is 3.37. The normalized spacial score (nSPS) is 30.2. The van der Waals surface area contributed by atoms with Crippen molar-refractivity contribution in [3.8, 4) is 5.75 Å². The number of hydrogen-bond donors (Lipinski definition) is 0. The maximum absolute atomic E-state index is 13.3. The van der Waals surface area contributed by atoms with Crippen LogP contribution in [0.15, 0.2) is 35.9 Å². The van der Waals surface area contributed by atoms with Crippen LogP contribution in [0.3, 0.4) is 0 Å². The first kappa shape index (κ1) is 21.9. The zero-order valence-electron chi connectivity index (χ0n) is 19.6. The van der Waals surface area contributed by atoms with Gasteiger partial charge in [-0.3, -0.25) is 9.69 Å². The van der Waals surface area contributed by atoms with E-state index in [2.05, 4.69) is 37.0 Å². The standard InChI is InChI=1S/C26H36N2O4/c1-19(2)8-13-30-22-6-4-20(5-7-22)16-23-24(29)27(3)21-17-25(28(23)18-21)9-11-26(12-10-25)31-14-15-32-26/h4-8,21,23H,9-18H2,1-3H3/t21-,23-/m0/s1. The summed E-state index contributed by atoms with van der Waals surface area (Å²) >= 11 is 0. The molecule has 174 valence electrons. The number of benzene rings is 1. The molecule has 4 fully saturated rings. The minimum Gasteiger partial charge on any atom is -0.490 e. The van der Waals surface area contributed by atoms with Crippen molar-refractivity contribution in [2.45, 2.75) is 75.8 Å². The van der Waals surface area contributed by atoms with Crippen LogP contribution >= 0.6 is 0 Å². The minimum absolute atomic E-state index is 0.0870. The van der Waals surface area contributed by atoms with Gasteiger partial charge in [-0.15, -0.1) is 0 Å².